The number of halogens is 3. The van der Waals surface area contributed by atoms with Gasteiger partial charge in [0.05, 0.1) is 0 Å². The Hall–Kier alpha value is -2.39. The van der Waals surface area contributed by atoms with Crippen LogP contribution < -0.4 is 5.32 Å². The van der Waals surface area contributed by atoms with Gasteiger partial charge in [-0.1, -0.05) is 59.9 Å². The standard InChI is InChI=1S/C17H12F3N3OS2/c18-17(19,20)15-22-23-16(26-15)21-14(24)13(11-7-3-1-4-8-11)25-12-9-5-2-6-10-12/h1-10,13H,(H,21,23,24)/t13-/m0/s1. The molecule has 26 heavy (non-hydrogen) atoms. The van der Waals surface area contributed by atoms with Gasteiger partial charge < -0.3 is 0 Å². The molecule has 1 heterocycles. The number of thioether (sulfide) groups is 1. The molecular weight excluding hydrogens is 383 g/mol. The van der Waals surface area contributed by atoms with E-state index in [0.29, 0.717) is 11.3 Å². The van der Waals surface area contributed by atoms with Crippen molar-refractivity contribution in [2.24, 2.45) is 0 Å². The van der Waals surface area contributed by atoms with Crippen molar-refractivity contribution < 1.29 is 18.0 Å². The lowest BCUT2D eigenvalue weighted by atomic mass is 10.1. The van der Waals surface area contributed by atoms with Gasteiger partial charge in [0.25, 0.3) is 0 Å². The molecule has 0 aliphatic heterocycles. The highest BCUT2D eigenvalue weighted by Gasteiger charge is 2.36. The molecule has 0 aliphatic rings. The molecular formula is C17H12F3N3OS2. The van der Waals surface area contributed by atoms with Crippen LogP contribution in [0.4, 0.5) is 18.3 Å². The van der Waals surface area contributed by atoms with Gasteiger partial charge in [-0.2, -0.15) is 13.2 Å². The maximum atomic E-state index is 12.7. The van der Waals surface area contributed by atoms with Crippen LogP contribution in [0.15, 0.2) is 65.6 Å². The number of benzene rings is 2. The number of anilines is 1. The highest BCUT2D eigenvalue weighted by atomic mass is 32.2. The maximum Gasteiger partial charge on any atom is 0.445 e. The second-order valence-electron chi connectivity index (χ2n) is 5.12. The fourth-order valence-electron chi connectivity index (χ4n) is 2.10. The molecule has 4 nitrogen and oxygen atoms in total. The van der Waals surface area contributed by atoms with Crippen LogP contribution in [0.5, 0.6) is 0 Å². The lowest BCUT2D eigenvalue weighted by molar-refractivity contribution is -0.138. The first-order valence-electron chi connectivity index (χ1n) is 7.42. The summed E-state index contributed by atoms with van der Waals surface area (Å²) in [7, 11) is 0. The lowest BCUT2D eigenvalue weighted by Crippen LogP contribution is -2.18. The van der Waals surface area contributed by atoms with Crippen molar-refractivity contribution in [1.82, 2.24) is 10.2 Å². The Kier molecular flexibility index (Phi) is 5.58. The zero-order valence-electron chi connectivity index (χ0n) is 13.1. The molecule has 134 valence electrons. The molecule has 1 amide bonds. The molecule has 0 unspecified atom stereocenters. The van der Waals surface area contributed by atoms with E-state index in [1.54, 1.807) is 24.3 Å². The Morgan fingerprint density at radius 1 is 1.00 bits per heavy atom. The average molecular weight is 395 g/mol. The Bertz CT molecular complexity index is 870. The molecule has 1 atom stereocenters. The molecule has 1 N–H and O–H groups in total. The van der Waals surface area contributed by atoms with Gasteiger partial charge in [-0.25, -0.2) is 0 Å². The van der Waals surface area contributed by atoms with Crippen molar-refractivity contribution >= 4 is 34.1 Å². The molecule has 3 aromatic rings. The average Bonchev–Trinajstić information content (AvgIpc) is 3.10. The van der Waals surface area contributed by atoms with E-state index in [9.17, 15) is 18.0 Å². The molecule has 0 saturated carbocycles. The maximum absolute atomic E-state index is 12.7. The van der Waals surface area contributed by atoms with Crippen molar-refractivity contribution in [3.63, 3.8) is 0 Å². The number of hydrogen-bond acceptors (Lipinski definition) is 5. The number of carbonyl (C=O) groups excluding carboxylic acids is 1. The first-order chi connectivity index (χ1) is 12.4. The summed E-state index contributed by atoms with van der Waals surface area (Å²) >= 11 is 1.60. The monoisotopic (exact) mass is 395 g/mol. The molecule has 2 aromatic carbocycles. The summed E-state index contributed by atoms with van der Waals surface area (Å²) in [6, 6.07) is 18.3. The summed E-state index contributed by atoms with van der Waals surface area (Å²) in [5.41, 5.74) is 0.736. The Balaban J connectivity index is 1.82. The third-order valence-corrected chi connectivity index (χ3v) is 5.39. The summed E-state index contributed by atoms with van der Waals surface area (Å²) in [5.74, 6) is -0.463. The van der Waals surface area contributed by atoms with E-state index in [-0.39, 0.29) is 5.13 Å². The van der Waals surface area contributed by atoms with E-state index in [1.165, 1.54) is 11.8 Å². The van der Waals surface area contributed by atoms with Crippen LogP contribution >= 0.6 is 23.1 Å². The molecule has 3 rings (SSSR count). The van der Waals surface area contributed by atoms with Crippen LogP contribution in [0.25, 0.3) is 0 Å². The number of nitrogens with zero attached hydrogens (tertiary/aromatic N) is 2. The van der Waals surface area contributed by atoms with Crippen LogP contribution in [0, 0.1) is 0 Å². The highest BCUT2D eigenvalue weighted by Crippen LogP contribution is 2.37. The van der Waals surface area contributed by atoms with Crippen molar-refractivity contribution in [2.75, 3.05) is 5.32 Å². The minimum atomic E-state index is -4.59. The number of aromatic nitrogens is 2. The second kappa shape index (κ2) is 7.88. The van der Waals surface area contributed by atoms with Crippen molar-refractivity contribution in [3.8, 4) is 0 Å². The van der Waals surface area contributed by atoms with Gasteiger partial charge in [-0.15, -0.1) is 22.0 Å². The molecule has 0 bridgehead atoms. The number of nitrogens with one attached hydrogen (secondary N) is 1. The van der Waals surface area contributed by atoms with E-state index < -0.39 is 22.3 Å². The van der Waals surface area contributed by atoms with Gasteiger partial charge in [0, 0.05) is 4.90 Å². The Morgan fingerprint density at radius 2 is 1.62 bits per heavy atom. The summed E-state index contributed by atoms with van der Waals surface area (Å²) in [6.45, 7) is 0. The summed E-state index contributed by atoms with van der Waals surface area (Å²) in [5, 5.41) is 7.01. The van der Waals surface area contributed by atoms with Crippen LogP contribution in [0.1, 0.15) is 15.8 Å². The number of amides is 1. The van der Waals surface area contributed by atoms with Gasteiger partial charge in [0.2, 0.25) is 16.0 Å². The predicted molar refractivity (Wildman–Crippen MR) is 95.0 cm³/mol. The normalized spacial score (nSPS) is 12.6. The quantitative estimate of drug-likeness (QED) is 0.616. The number of carbonyl (C=O) groups is 1. The zero-order chi connectivity index (χ0) is 18.6. The largest absolute Gasteiger partial charge is 0.445 e. The van der Waals surface area contributed by atoms with Gasteiger partial charge in [0.1, 0.15) is 5.25 Å². The second-order valence-corrected chi connectivity index (χ2v) is 7.28. The van der Waals surface area contributed by atoms with Gasteiger partial charge >= 0.3 is 6.18 Å². The number of rotatable bonds is 5. The van der Waals surface area contributed by atoms with Gasteiger partial charge in [0.15, 0.2) is 0 Å². The predicted octanol–water partition coefficient (Wildman–Crippen LogP) is 5.03. The summed E-state index contributed by atoms with van der Waals surface area (Å²) in [6.07, 6.45) is -4.59. The number of hydrogen-bond donors (Lipinski definition) is 1. The Morgan fingerprint density at radius 3 is 2.19 bits per heavy atom. The molecule has 0 radical (unpaired) electrons. The minimum absolute atomic E-state index is 0.183. The molecule has 9 heteroatoms. The highest BCUT2D eigenvalue weighted by molar-refractivity contribution is 8.00. The third kappa shape index (κ3) is 4.61. The van der Waals surface area contributed by atoms with Crippen molar-refractivity contribution in [3.05, 3.63) is 71.2 Å². The van der Waals surface area contributed by atoms with E-state index in [0.717, 1.165) is 10.5 Å². The molecule has 0 spiro atoms. The first-order valence-corrected chi connectivity index (χ1v) is 9.11. The SMILES string of the molecule is O=C(Nc1nnc(C(F)(F)F)s1)[C@@H](Sc1ccccc1)c1ccccc1. The smallest absolute Gasteiger partial charge is 0.299 e. The van der Waals surface area contributed by atoms with Crippen LogP contribution in [0.3, 0.4) is 0 Å². The topological polar surface area (TPSA) is 54.9 Å². The molecule has 1 aromatic heterocycles. The molecule has 0 fully saturated rings. The fraction of sp³-hybridized carbons (Fsp3) is 0.118. The van der Waals surface area contributed by atoms with Crippen LogP contribution in [-0.2, 0) is 11.0 Å². The fourth-order valence-corrected chi connectivity index (χ4v) is 3.75. The van der Waals surface area contributed by atoms with E-state index in [1.807, 2.05) is 36.4 Å². The summed E-state index contributed by atoms with van der Waals surface area (Å²) in [4.78, 5) is 13.6. The zero-order valence-corrected chi connectivity index (χ0v) is 14.7. The molecule has 0 saturated heterocycles. The lowest BCUT2D eigenvalue weighted by Gasteiger charge is -2.16. The van der Waals surface area contributed by atoms with E-state index >= 15 is 0 Å². The summed E-state index contributed by atoms with van der Waals surface area (Å²) < 4.78 is 37.9. The van der Waals surface area contributed by atoms with Crippen molar-refractivity contribution in [2.45, 2.75) is 16.3 Å². The Labute approximate surface area is 155 Å². The van der Waals surface area contributed by atoms with Gasteiger partial charge in [-0.05, 0) is 17.7 Å². The third-order valence-electron chi connectivity index (χ3n) is 3.24. The number of alkyl halides is 3. The van der Waals surface area contributed by atoms with E-state index in [4.69, 9.17) is 0 Å². The molecule has 0 aliphatic carbocycles. The van der Waals surface area contributed by atoms with Crippen LogP contribution in [-0.4, -0.2) is 16.1 Å². The van der Waals surface area contributed by atoms with Gasteiger partial charge in [-0.3, -0.25) is 10.1 Å². The first kappa shape index (κ1) is 18.4. The van der Waals surface area contributed by atoms with E-state index in [2.05, 4.69) is 15.5 Å². The van der Waals surface area contributed by atoms with Crippen molar-refractivity contribution in [1.29, 1.82) is 0 Å². The van der Waals surface area contributed by atoms with Crippen LogP contribution in [0.2, 0.25) is 0 Å². The minimum Gasteiger partial charge on any atom is -0.299 e.